The van der Waals surface area contributed by atoms with Gasteiger partial charge in [-0.3, -0.25) is 0 Å². The van der Waals surface area contributed by atoms with E-state index in [9.17, 15) is 0 Å². The van der Waals surface area contributed by atoms with Crippen LogP contribution in [-0.2, 0) is 0 Å². The van der Waals surface area contributed by atoms with Gasteiger partial charge in [0.05, 0.1) is 0 Å². The van der Waals surface area contributed by atoms with Crippen molar-refractivity contribution in [3.8, 4) is 0 Å². The number of fused-ring (bicyclic) bond motifs is 1. The largest absolute Gasteiger partial charge is 0.0993 e. The first-order chi connectivity index (χ1) is 6.50. The molecule has 0 aliphatic heterocycles. The van der Waals surface area contributed by atoms with E-state index >= 15 is 0 Å². The summed E-state index contributed by atoms with van der Waals surface area (Å²) in [4.78, 5) is 0. The van der Waals surface area contributed by atoms with Crippen LogP contribution in [0.15, 0.2) is 23.8 Å². The molecule has 1 unspecified atom stereocenters. The Labute approximate surface area is 88.1 Å². The van der Waals surface area contributed by atoms with E-state index in [0.29, 0.717) is 5.41 Å². The Morgan fingerprint density at radius 2 is 2.14 bits per heavy atom. The zero-order valence-corrected chi connectivity index (χ0v) is 9.77. The summed E-state index contributed by atoms with van der Waals surface area (Å²) >= 11 is 0. The van der Waals surface area contributed by atoms with Gasteiger partial charge in [-0.2, -0.15) is 0 Å². The van der Waals surface area contributed by atoms with Gasteiger partial charge in [-0.05, 0) is 49.9 Å². The molecule has 0 N–H and O–H groups in total. The molecular formula is C14H22. The summed E-state index contributed by atoms with van der Waals surface area (Å²) in [6.45, 7) is 11.4. The van der Waals surface area contributed by atoms with E-state index in [1.165, 1.54) is 24.8 Å². The van der Waals surface area contributed by atoms with Gasteiger partial charge in [0.25, 0.3) is 0 Å². The summed E-state index contributed by atoms with van der Waals surface area (Å²) in [6.07, 6.45) is 7.55. The number of hydrogen-bond acceptors (Lipinski definition) is 0. The molecule has 78 valence electrons. The van der Waals surface area contributed by atoms with Crippen LogP contribution < -0.4 is 0 Å². The molecule has 0 radical (unpaired) electrons. The van der Waals surface area contributed by atoms with Crippen molar-refractivity contribution in [3.05, 3.63) is 23.8 Å². The highest BCUT2D eigenvalue weighted by atomic mass is 14.5. The third-order valence-electron chi connectivity index (χ3n) is 4.32. The summed E-state index contributed by atoms with van der Waals surface area (Å²) in [5.74, 6) is 1.73. The Balaban J connectivity index is 2.15. The molecule has 0 aromatic heterocycles. The maximum atomic E-state index is 4.25. The number of rotatable bonds is 0. The zero-order valence-electron chi connectivity index (χ0n) is 9.77. The molecule has 0 amide bonds. The van der Waals surface area contributed by atoms with Crippen molar-refractivity contribution < 1.29 is 0 Å². The molecule has 2 aliphatic rings. The van der Waals surface area contributed by atoms with Gasteiger partial charge in [0.15, 0.2) is 0 Å². The van der Waals surface area contributed by atoms with E-state index in [1.54, 1.807) is 5.57 Å². The average Bonchev–Trinajstić information content (AvgIpc) is 2.09. The van der Waals surface area contributed by atoms with Crippen molar-refractivity contribution >= 4 is 0 Å². The molecule has 0 bridgehead atoms. The lowest BCUT2D eigenvalue weighted by Crippen LogP contribution is -2.44. The van der Waals surface area contributed by atoms with Crippen LogP contribution in [0.5, 0.6) is 0 Å². The van der Waals surface area contributed by atoms with Crippen LogP contribution >= 0.6 is 0 Å². The summed E-state index contributed by atoms with van der Waals surface area (Å²) < 4.78 is 0. The van der Waals surface area contributed by atoms with Crippen molar-refractivity contribution in [1.29, 1.82) is 0 Å². The summed E-state index contributed by atoms with van der Waals surface area (Å²) in [7, 11) is 0. The average molecular weight is 190 g/mol. The fraction of sp³-hybridized carbons (Fsp3) is 0.714. The lowest BCUT2D eigenvalue weighted by atomic mass is 9.51. The van der Waals surface area contributed by atoms with E-state index in [-0.39, 0.29) is 0 Å². The van der Waals surface area contributed by atoms with Gasteiger partial charge < -0.3 is 0 Å². The van der Waals surface area contributed by atoms with Crippen molar-refractivity contribution in [2.24, 2.45) is 17.3 Å². The van der Waals surface area contributed by atoms with E-state index in [1.807, 2.05) is 0 Å². The zero-order chi connectivity index (χ0) is 10.3. The molecule has 0 spiro atoms. The van der Waals surface area contributed by atoms with Gasteiger partial charge in [0.1, 0.15) is 0 Å². The van der Waals surface area contributed by atoms with Gasteiger partial charge in [-0.15, -0.1) is 0 Å². The summed E-state index contributed by atoms with van der Waals surface area (Å²) in [5, 5.41) is 0. The highest BCUT2D eigenvalue weighted by Gasteiger charge is 2.47. The normalized spacial score (nSPS) is 39.9. The lowest BCUT2D eigenvalue weighted by Gasteiger charge is -2.53. The second-order valence-corrected chi connectivity index (χ2v) is 5.86. The quantitative estimate of drug-likeness (QED) is 0.499. The Bertz CT molecular complexity index is 280. The standard InChI is InChI=1S/C14H22/c1-10-5-7-11(2)12-9-14(3,4)13(12)8-6-10/h5,12-13H,2,6-9H2,1,3-4H3/b10-5+/t12-,13?/m1/s1. The lowest BCUT2D eigenvalue weighted by molar-refractivity contribution is 0.00311. The van der Waals surface area contributed by atoms with Gasteiger partial charge >= 0.3 is 0 Å². The summed E-state index contributed by atoms with van der Waals surface area (Å²) in [6, 6.07) is 0. The van der Waals surface area contributed by atoms with Crippen LogP contribution in [0.1, 0.15) is 46.5 Å². The third-order valence-corrected chi connectivity index (χ3v) is 4.32. The molecule has 0 heterocycles. The van der Waals surface area contributed by atoms with E-state index < -0.39 is 0 Å². The van der Waals surface area contributed by atoms with Gasteiger partial charge in [-0.1, -0.05) is 37.6 Å². The minimum absolute atomic E-state index is 0.575. The third kappa shape index (κ3) is 1.55. The first kappa shape index (κ1) is 10.0. The molecular weight excluding hydrogens is 168 g/mol. The van der Waals surface area contributed by atoms with E-state index in [0.717, 1.165) is 18.3 Å². The van der Waals surface area contributed by atoms with Gasteiger partial charge in [0, 0.05) is 0 Å². The minimum atomic E-state index is 0.575. The van der Waals surface area contributed by atoms with Crippen molar-refractivity contribution in [2.75, 3.05) is 0 Å². The highest BCUT2D eigenvalue weighted by molar-refractivity contribution is 5.19. The molecule has 0 heteroatoms. The highest BCUT2D eigenvalue weighted by Crippen LogP contribution is 2.56. The first-order valence-electron chi connectivity index (χ1n) is 5.84. The van der Waals surface area contributed by atoms with Crippen LogP contribution in [0.2, 0.25) is 0 Å². The van der Waals surface area contributed by atoms with Crippen LogP contribution in [0.4, 0.5) is 0 Å². The Kier molecular flexibility index (Phi) is 2.33. The first-order valence-corrected chi connectivity index (χ1v) is 5.84. The Morgan fingerprint density at radius 3 is 2.79 bits per heavy atom. The predicted octanol–water partition coefficient (Wildman–Crippen LogP) is 4.34. The topological polar surface area (TPSA) is 0 Å². The molecule has 2 rings (SSSR count). The number of allylic oxidation sites excluding steroid dienone is 3. The van der Waals surface area contributed by atoms with Crippen LogP contribution in [0.25, 0.3) is 0 Å². The van der Waals surface area contributed by atoms with E-state index in [4.69, 9.17) is 0 Å². The van der Waals surface area contributed by atoms with Gasteiger partial charge in [0.2, 0.25) is 0 Å². The Hall–Kier alpha value is -0.520. The van der Waals surface area contributed by atoms with Crippen molar-refractivity contribution in [2.45, 2.75) is 46.5 Å². The minimum Gasteiger partial charge on any atom is -0.0993 e. The number of hydrogen-bond donors (Lipinski definition) is 0. The smallest absolute Gasteiger partial charge is 0.0136 e. The maximum absolute atomic E-state index is 4.25. The fourth-order valence-corrected chi connectivity index (χ4v) is 3.21. The molecule has 0 aromatic rings. The molecule has 0 nitrogen and oxygen atoms in total. The van der Waals surface area contributed by atoms with Gasteiger partial charge in [-0.25, -0.2) is 0 Å². The molecule has 2 atom stereocenters. The van der Waals surface area contributed by atoms with Crippen LogP contribution in [0.3, 0.4) is 0 Å². The van der Waals surface area contributed by atoms with Crippen molar-refractivity contribution in [1.82, 2.24) is 0 Å². The molecule has 1 fully saturated rings. The molecule has 2 aliphatic carbocycles. The van der Waals surface area contributed by atoms with E-state index in [2.05, 4.69) is 33.4 Å². The molecule has 0 saturated heterocycles. The van der Waals surface area contributed by atoms with Crippen LogP contribution in [-0.4, -0.2) is 0 Å². The molecule has 1 saturated carbocycles. The fourth-order valence-electron chi connectivity index (χ4n) is 3.21. The van der Waals surface area contributed by atoms with Crippen LogP contribution in [0, 0.1) is 17.3 Å². The SMILES string of the molecule is C=C1C/C=C(\C)CCC2[C@@H]1CC2(C)C. The second-order valence-electron chi connectivity index (χ2n) is 5.86. The molecule has 14 heavy (non-hydrogen) atoms. The Morgan fingerprint density at radius 1 is 1.43 bits per heavy atom. The maximum Gasteiger partial charge on any atom is -0.0136 e. The summed E-state index contributed by atoms with van der Waals surface area (Å²) in [5.41, 5.74) is 3.62. The second kappa shape index (κ2) is 3.25. The molecule has 0 aromatic carbocycles. The van der Waals surface area contributed by atoms with Crippen molar-refractivity contribution in [3.63, 3.8) is 0 Å². The predicted molar refractivity (Wildman–Crippen MR) is 62.1 cm³/mol. The monoisotopic (exact) mass is 190 g/mol.